The molecule has 0 saturated heterocycles. The number of benzene rings is 2. The maximum absolute atomic E-state index is 5.94. The molecule has 1 aliphatic heterocycles. The third-order valence-corrected chi connectivity index (χ3v) is 3.63. The number of fused-ring (bicyclic) bond motifs is 1. The van der Waals surface area contributed by atoms with Crippen molar-refractivity contribution in [3.05, 3.63) is 48.0 Å². The number of nitrogens with two attached hydrogens (primary N) is 1. The molecule has 0 aliphatic carbocycles. The number of anilines is 2. The minimum atomic E-state index is 0.726. The zero-order valence-corrected chi connectivity index (χ0v) is 12.2. The molecule has 3 rings (SSSR count). The molecule has 0 saturated carbocycles. The van der Waals surface area contributed by atoms with Crippen molar-refractivity contribution >= 4 is 11.4 Å². The minimum Gasteiger partial charge on any atom is -0.497 e. The summed E-state index contributed by atoms with van der Waals surface area (Å²) in [6, 6.07) is 14.0. The molecule has 0 aromatic heterocycles. The molecular weight excluding hydrogens is 264 g/mol. The quantitative estimate of drug-likeness (QED) is 0.880. The van der Waals surface area contributed by atoms with Crippen LogP contribution in [0.5, 0.6) is 11.5 Å². The summed E-state index contributed by atoms with van der Waals surface area (Å²) >= 11 is 0. The fourth-order valence-corrected chi connectivity index (χ4v) is 2.68. The van der Waals surface area contributed by atoms with Gasteiger partial charge in [-0.25, -0.2) is 0 Å². The van der Waals surface area contributed by atoms with Gasteiger partial charge in [-0.1, -0.05) is 12.1 Å². The Morgan fingerprint density at radius 1 is 1.24 bits per heavy atom. The Hall–Kier alpha value is -2.36. The second-order valence-corrected chi connectivity index (χ2v) is 5.21. The van der Waals surface area contributed by atoms with E-state index in [1.54, 1.807) is 7.11 Å². The first-order valence-corrected chi connectivity index (χ1v) is 7.16. The summed E-state index contributed by atoms with van der Waals surface area (Å²) in [7, 11) is 1.66. The predicted octanol–water partition coefficient (Wildman–Crippen LogP) is 3.07. The molecule has 1 aliphatic rings. The number of ether oxygens (including phenoxy) is 2. The molecule has 0 unspecified atom stereocenters. The van der Waals surface area contributed by atoms with Crippen LogP contribution in [0.1, 0.15) is 12.0 Å². The summed E-state index contributed by atoms with van der Waals surface area (Å²) in [5, 5.41) is 0. The van der Waals surface area contributed by atoms with E-state index in [4.69, 9.17) is 15.2 Å². The Labute approximate surface area is 125 Å². The lowest BCUT2D eigenvalue weighted by Crippen LogP contribution is -2.23. The molecule has 0 bridgehead atoms. The van der Waals surface area contributed by atoms with Crippen LogP contribution in [0.4, 0.5) is 11.4 Å². The zero-order valence-electron chi connectivity index (χ0n) is 12.2. The second-order valence-electron chi connectivity index (χ2n) is 5.21. The Kier molecular flexibility index (Phi) is 3.86. The molecule has 0 radical (unpaired) electrons. The van der Waals surface area contributed by atoms with E-state index in [1.807, 2.05) is 36.4 Å². The van der Waals surface area contributed by atoms with Gasteiger partial charge in [0, 0.05) is 24.8 Å². The van der Waals surface area contributed by atoms with Gasteiger partial charge in [0.25, 0.3) is 0 Å². The van der Waals surface area contributed by atoms with Crippen LogP contribution >= 0.6 is 0 Å². The molecule has 110 valence electrons. The van der Waals surface area contributed by atoms with Crippen molar-refractivity contribution in [2.75, 3.05) is 30.9 Å². The highest BCUT2D eigenvalue weighted by molar-refractivity contribution is 5.59. The third kappa shape index (κ3) is 3.05. The normalized spacial score (nSPS) is 14.0. The van der Waals surface area contributed by atoms with Crippen molar-refractivity contribution in [2.24, 2.45) is 0 Å². The van der Waals surface area contributed by atoms with Gasteiger partial charge in [0.1, 0.15) is 11.5 Å². The van der Waals surface area contributed by atoms with Gasteiger partial charge >= 0.3 is 0 Å². The van der Waals surface area contributed by atoms with Crippen molar-refractivity contribution in [1.29, 1.82) is 0 Å². The van der Waals surface area contributed by atoms with Gasteiger partial charge in [0.2, 0.25) is 0 Å². The van der Waals surface area contributed by atoms with Gasteiger partial charge in [-0.2, -0.15) is 0 Å². The van der Waals surface area contributed by atoms with Gasteiger partial charge in [-0.05, 0) is 36.2 Å². The summed E-state index contributed by atoms with van der Waals surface area (Å²) in [4.78, 5) is 2.33. The number of nitrogen functional groups attached to an aromatic ring is 1. The molecule has 0 fully saturated rings. The highest BCUT2D eigenvalue weighted by atomic mass is 16.5. The molecule has 4 heteroatoms. The summed E-state index contributed by atoms with van der Waals surface area (Å²) < 4.78 is 11.1. The van der Waals surface area contributed by atoms with Crippen molar-refractivity contribution in [3.63, 3.8) is 0 Å². The number of para-hydroxylation sites is 2. The Morgan fingerprint density at radius 2 is 2.10 bits per heavy atom. The highest BCUT2D eigenvalue weighted by Crippen LogP contribution is 2.32. The summed E-state index contributed by atoms with van der Waals surface area (Å²) in [5.74, 6) is 1.75. The lowest BCUT2D eigenvalue weighted by molar-refractivity contribution is 0.322. The highest BCUT2D eigenvalue weighted by Gasteiger charge is 2.16. The molecule has 2 aromatic carbocycles. The first kappa shape index (κ1) is 13.6. The predicted molar refractivity (Wildman–Crippen MR) is 85.0 cm³/mol. The van der Waals surface area contributed by atoms with Crippen LogP contribution in [0.15, 0.2) is 42.5 Å². The van der Waals surface area contributed by atoms with E-state index in [0.717, 1.165) is 54.6 Å². The lowest BCUT2D eigenvalue weighted by atomic mass is 10.1. The van der Waals surface area contributed by atoms with Crippen molar-refractivity contribution in [2.45, 2.75) is 13.0 Å². The fourth-order valence-electron chi connectivity index (χ4n) is 2.68. The van der Waals surface area contributed by atoms with Crippen LogP contribution in [0.3, 0.4) is 0 Å². The van der Waals surface area contributed by atoms with Crippen LogP contribution in [-0.2, 0) is 6.54 Å². The van der Waals surface area contributed by atoms with Gasteiger partial charge in [0.15, 0.2) is 0 Å². The SMILES string of the molecule is COc1cc(N)cc(CN2CCCOc3ccccc32)c1. The van der Waals surface area contributed by atoms with E-state index in [9.17, 15) is 0 Å². The van der Waals surface area contributed by atoms with Crippen LogP contribution in [0.2, 0.25) is 0 Å². The third-order valence-electron chi connectivity index (χ3n) is 3.63. The molecule has 21 heavy (non-hydrogen) atoms. The summed E-state index contributed by atoms with van der Waals surface area (Å²) in [5.41, 5.74) is 8.95. The fraction of sp³-hybridized carbons (Fsp3) is 0.294. The van der Waals surface area contributed by atoms with Crippen LogP contribution in [-0.4, -0.2) is 20.3 Å². The summed E-state index contributed by atoms with van der Waals surface area (Å²) in [6.45, 7) is 2.52. The van der Waals surface area contributed by atoms with Crippen molar-refractivity contribution in [1.82, 2.24) is 0 Å². The van der Waals surface area contributed by atoms with E-state index in [2.05, 4.69) is 11.0 Å². The molecule has 2 aromatic rings. The molecule has 0 atom stereocenters. The van der Waals surface area contributed by atoms with E-state index in [0.29, 0.717) is 0 Å². The van der Waals surface area contributed by atoms with E-state index >= 15 is 0 Å². The van der Waals surface area contributed by atoms with Gasteiger partial charge < -0.3 is 20.1 Å². The van der Waals surface area contributed by atoms with E-state index in [-0.39, 0.29) is 0 Å². The first-order valence-electron chi connectivity index (χ1n) is 7.16. The molecule has 2 N–H and O–H groups in total. The number of hydrogen-bond donors (Lipinski definition) is 1. The second kappa shape index (κ2) is 5.95. The first-order chi connectivity index (χ1) is 10.3. The number of nitrogens with zero attached hydrogens (tertiary/aromatic N) is 1. The average molecular weight is 284 g/mol. The Morgan fingerprint density at radius 3 is 2.95 bits per heavy atom. The monoisotopic (exact) mass is 284 g/mol. The van der Waals surface area contributed by atoms with Crippen molar-refractivity contribution < 1.29 is 9.47 Å². The smallest absolute Gasteiger partial charge is 0.142 e. The summed E-state index contributed by atoms with van der Waals surface area (Å²) in [6.07, 6.45) is 1.01. The Balaban J connectivity index is 1.89. The van der Waals surface area contributed by atoms with Gasteiger partial charge in [-0.3, -0.25) is 0 Å². The minimum absolute atomic E-state index is 0.726. The lowest BCUT2D eigenvalue weighted by Gasteiger charge is -2.24. The standard InChI is InChI=1S/C17H20N2O2/c1-20-15-10-13(9-14(18)11-15)12-19-7-4-8-21-17-6-3-2-5-16(17)19/h2-3,5-6,9-11H,4,7-8,12,18H2,1H3. The largest absolute Gasteiger partial charge is 0.497 e. The number of methoxy groups -OCH3 is 1. The molecule has 0 spiro atoms. The van der Waals surface area contributed by atoms with Crippen molar-refractivity contribution in [3.8, 4) is 11.5 Å². The molecule has 1 heterocycles. The Bertz CT molecular complexity index is 628. The zero-order chi connectivity index (χ0) is 14.7. The molecular formula is C17H20N2O2. The number of hydrogen-bond acceptors (Lipinski definition) is 4. The van der Waals surface area contributed by atoms with Crippen LogP contribution < -0.4 is 20.1 Å². The van der Waals surface area contributed by atoms with Gasteiger partial charge in [0.05, 0.1) is 19.4 Å². The van der Waals surface area contributed by atoms with Gasteiger partial charge in [-0.15, -0.1) is 0 Å². The molecule has 4 nitrogen and oxygen atoms in total. The maximum atomic E-state index is 5.94. The average Bonchev–Trinajstić information content (AvgIpc) is 2.69. The maximum Gasteiger partial charge on any atom is 0.142 e. The topological polar surface area (TPSA) is 47.7 Å². The van der Waals surface area contributed by atoms with E-state index < -0.39 is 0 Å². The number of rotatable bonds is 3. The molecule has 0 amide bonds. The van der Waals surface area contributed by atoms with Crippen LogP contribution in [0, 0.1) is 0 Å². The van der Waals surface area contributed by atoms with E-state index in [1.165, 1.54) is 0 Å². The van der Waals surface area contributed by atoms with Crippen LogP contribution in [0.25, 0.3) is 0 Å².